The van der Waals surface area contributed by atoms with Gasteiger partial charge in [0.15, 0.2) is 11.2 Å². The van der Waals surface area contributed by atoms with Gasteiger partial charge < -0.3 is 10.1 Å². The molecule has 0 spiro atoms. The second-order valence-electron chi connectivity index (χ2n) is 6.36. The van der Waals surface area contributed by atoms with Gasteiger partial charge in [-0.15, -0.1) is 11.3 Å². The molecule has 0 aliphatic heterocycles. The molecule has 0 aliphatic rings. The molecular formula is C21H21N3O3S. The van der Waals surface area contributed by atoms with Crippen molar-refractivity contribution >= 4 is 34.0 Å². The molecule has 144 valence electrons. The predicted molar refractivity (Wildman–Crippen MR) is 112 cm³/mol. The average molecular weight is 395 g/mol. The summed E-state index contributed by atoms with van der Waals surface area (Å²) in [7, 11) is 0. The van der Waals surface area contributed by atoms with E-state index in [2.05, 4.69) is 15.6 Å². The van der Waals surface area contributed by atoms with Crippen molar-refractivity contribution in [2.45, 2.75) is 26.9 Å². The molecule has 0 aliphatic carbocycles. The third kappa shape index (κ3) is 5.17. The number of rotatable bonds is 6. The van der Waals surface area contributed by atoms with Crippen molar-refractivity contribution in [3.05, 3.63) is 59.5 Å². The van der Waals surface area contributed by atoms with E-state index in [-0.39, 0.29) is 11.8 Å². The first-order valence-electron chi connectivity index (χ1n) is 8.78. The number of carbonyl (C=O) groups excluding carboxylic acids is 2. The maximum atomic E-state index is 12.4. The highest BCUT2D eigenvalue weighted by Gasteiger charge is 2.17. The number of hydrogen-bond donors (Lipinski definition) is 2. The Morgan fingerprint density at radius 2 is 1.86 bits per heavy atom. The van der Waals surface area contributed by atoms with Gasteiger partial charge in [0.1, 0.15) is 5.75 Å². The lowest BCUT2D eigenvalue weighted by atomic mass is 10.1. The monoisotopic (exact) mass is 395 g/mol. The van der Waals surface area contributed by atoms with Crippen molar-refractivity contribution in [3.8, 4) is 17.0 Å². The first-order valence-corrected chi connectivity index (χ1v) is 9.66. The van der Waals surface area contributed by atoms with Crippen LogP contribution in [0.1, 0.15) is 19.4 Å². The van der Waals surface area contributed by atoms with Crippen molar-refractivity contribution in [3.63, 3.8) is 0 Å². The molecule has 3 aromatic rings. The standard InChI is InChI=1S/C21H21N3O3S/c1-13-5-4-6-18(11-13)27-14(2)20(26)24-21-23-19(12-28-21)16-7-9-17(10-8-16)22-15(3)25/h4-12,14H,1-3H3,(H,22,25)(H,23,24,26). The second kappa shape index (κ2) is 8.67. The number of benzene rings is 2. The normalized spacial score (nSPS) is 11.5. The van der Waals surface area contributed by atoms with Crippen LogP contribution >= 0.6 is 11.3 Å². The van der Waals surface area contributed by atoms with Crippen LogP contribution in [0.25, 0.3) is 11.3 Å². The quantitative estimate of drug-likeness (QED) is 0.645. The highest BCUT2D eigenvalue weighted by Crippen LogP contribution is 2.26. The number of thiazole rings is 1. The zero-order valence-corrected chi connectivity index (χ0v) is 16.7. The van der Waals surface area contributed by atoms with E-state index in [1.165, 1.54) is 18.3 Å². The van der Waals surface area contributed by atoms with Crippen LogP contribution in [0.4, 0.5) is 10.8 Å². The Labute approximate surface area is 167 Å². The molecule has 1 unspecified atom stereocenters. The van der Waals surface area contributed by atoms with E-state index < -0.39 is 6.10 Å². The molecule has 0 radical (unpaired) electrons. The fourth-order valence-electron chi connectivity index (χ4n) is 2.54. The van der Waals surface area contributed by atoms with E-state index in [1.807, 2.05) is 60.8 Å². The van der Waals surface area contributed by atoms with Crippen LogP contribution in [0.2, 0.25) is 0 Å². The zero-order chi connectivity index (χ0) is 20.1. The average Bonchev–Trinajstić information content (AvgIpc) is 3.10. The number of aromatic nitrogens is 1. The lowest BCUT2D eigenvalue weighted by Gasteiger charge is -2.14. The van der Waals surface area contributed by atoms with Gasteiger partial charge in [0.25, 0.3) is 5.91 Å². The molecular weight excluding hydrogens is 374 g/mol. The minimum atomic E-state index is -0.647. The predicted octanol–water partition coefficient (Wildman–Crippen LogP) is 4.48. The Balaban J connectivity index is 1.62. The number of nitrogens with one attached hydrogen (secondary N) is 2. The van der Waals surface area contributed by atoms with E-state index >= 15 is 0 Å². The van der Waals surface area contributed by atoms with Gasteiger partial charge in [-0.05, 0) is 43.7 Å². The highest BCUT2D eigenvalue weighted by molar-refractivity contribution is 7.14. The summed E-state index contributed by atoms with van der Waals surface area (Å²) in [4.78, 5) is 27.9. The van der Waals surface area contributed by atoms with Crippen LogP contribution in [0.15, 0.2) is 53.9 Å². The van der Waals surface area contributed by atoms with Gasteiger partial charge in [-0.3, -0.25) is 14.9 Å². The molecule has 2 N–H and O–H groups in total. The van der Waals surface area contributed by atoms with E-state index in [0.717, 1.165) is 22.5 Å². The summed E-state index contributed by atoms with van der Waals surface area (Å²) in [5.74, 6) is 0.276. The molecule has 3 rings (SSSR count). The Kier molecular flexibility index (Phi) is 6.06. The van der Waals surface area contributed by atoms with Gasteiger partial charge in [0.2, 0.25) is 5.91 Å². The molecule has 0 fully saturated rings. The summed E-state index contributed by atoms with van der Waals surface area (Å²) < 4.78 is 5.70. The number of amides is 2. The van der Waals surface area contributed by atoms with Gasteiger partial charge >= 0.3 is 0 Å². The molecule has 7 heteroatoms. The third-order valence-electron chi connectivity index (χ3n) is 3.91. The molecule has 1 atom stereocenters. The molecule has 0 bridgehead atoms. The van der Waals surface area contributed by atoms with Crippen molar-refractivity contribution in [2.75, 3.05) is 10.6 Å². The van der Waals surface area contributed by atoms with Gasteiger partial charge in [-0.2, -0.15) is 0 Å². The minimum Gasteiger partial charge on any atom is -0.481 e. The summed E-state index contributed by atoms with van der Waals surface area (Å²) in [5.41, 5.74) is 3.44. The summed E-state index contributed by atoms with van der Waals surface area (Å²) in [6, 6.07) is 14.9. The highest BCUT2D eigenvalue weighted by atomic mass is 32.1. The largest absolute Gasteiger partial charge is 0.481 e. The van der Waals surface area contributed by atoms with Crippen LogP contribution in [-0.4, -0.2) is 22.9 Å². The van der Waals surface area contributed by atoms with Crippen molar-refractivity contribution < 1.29 is 14.3 Å². The van der Waals surface area contributed by atoms with Crippen LogP contribution < -0.4 is 15.4 Å². The number of hydrogen-bond acceptors (Lipinski definition) is 5. The molecule has 2 amide bonds. The topological polar surface area (TPSA) is 80.3 Å². The summed E-state index contributed by atoms with van der Waals surface area (Å²) in [6.45, 7) is 5.14. The van der Waals surface area contributed by atoms with Gasteiger partial charge in [0.05, 0.1) is 5.69 Å². The smallest absolute Gasteiger partial charge is 0.266 e. The molecule has 6 nitrogen and oxygen atoms in total. The summed E-state index contributed by atoms with van der Waals surface area (Å²) in [6.07, 6.45) is -0.647. The Hall–Kier alpha value is -3.19. The molecule has 28 heavy (non-hydrogen) atoms. The van der Waals surface area contributed by atoms with Gasteiger partial charge in [-0.1, -0.05) is 24.3 Å². The van der Waals surface area contributed by atoms with E-state index in [1.54, 1.807) is 6.92 Å². The SMILES string of the molecule is CC(=O)Nc1ccc(-c2csc(NC(=O)C(C)Oc3cccc(C)c3)n2)cc1. The van der Waals surface area contributed by atoms with Crippen LogP contribution in [-0.2, 0) is 9.59 Å². The molecule has 1 aromatic heterocycles. The lowest BCUT2D eigenvalue weighted by Crippen LogP contribution is -2.30. The Morgan fingerprint density at radius 1 is 1.11 bits per heavy atom. The summed E-state index contributed by atoms with van der Waals surface area (Å²) in [5, 5.41) is 7.89. The van der Waals surface area contributed by atoms with Crippen molar-refractivity contribution in [1.29, 1.82) is 0 Å². The Morgan fingerprint density at radius 3 is 2.54 bits per heavy atom. The number of carbonyl (C=O) groups is 2. The van der Waals surface area contributed by atoms with Crippen LogP contribution in [0.3, 0.4) is 0 Å². The fraction of sp³-hybridized carbons (Fsp3) is 0.190. The first kappa shape index (κ1) is 19.6. The molecule has 2 aromatic carbocycles. The fourth-order valence-corrected chi connectivity index (χ4v) is 3.27. The number of anilines is 2. The summed E-state index contributed by atoms with van der Waals surface area (Å²) >= 11 is 1.35. The Bertz CT molecular complexity index is 983. The van der Waals surface area contributed by atoms with Crippen LogP contribution in [0, 0.1) is 6.92 Å². The van der Waals surface area contributed by atoms with E-state index in [9.17, 15) is 9.59 Å². The van der Waals surface area contributed by atoms with Gasteiger partial charge in [0, 0.05) is 23.6 Å². The number of nitrogens with zero attached hydrogens (tertiary/aromatic N) is 1. The van der Waals surface area contributed by atoms with Gasteiger partial charge in [-0.25, -0.2) is 4.98 Å². The molecule has 0 saturated heterocycles. The maximum Gasteiger partial charge on any atom is 0.266 e. The van der Waals surface area contributed by atoms with Crippen LogP contribution in [0.5, 0.6) is 5.75 Å². The van der Waals surface area contributed by atoms with Crippen molar-refractivity contribution in [2.24, 2.45) is 0 Å². The third-order valence-corrected chi connectivity index (χ3v) is 4.66. The minimum absolute atomic E-state index is 0.117. The zero-order valence-electron chi connectivity index (χ0n) is 15.9. The molecule has 1 heterocycles. The lowest BCUT2D eigenvalue weighted by molar-refractivity contribution is -0.122. The van der Waals surface area contributed by atoms with E-state index in [0.29, 0.717) is 10.9 Å². The second-order valence-corrected chi connectivity index (χ2v) is 7.22. The first-order chi connectivity index (χ1) is 13.4. The number of aryl methyl sites for hydroxylation is 1. The number of ether oxygens (including phenoxy) is 1. The molecule has 0 saturated carbocycles. The van der Waals surface area contributed by atoms with E-state index in [4.69, 9.17) is 4.74 Å². The maximum absolute atomic E-state index is 12.4. The van der Waals surface area contributed by atoms with Crippen molar-refractivity contribution in [1.82, 2.24) is 4.98 Å².